The zero-order chi connectivity index (χ0) is 14.4. The number of piperidine rings is 1. The molecule has 20 heavy (non-hydrogen) atoms. The fraction of sp³-hybridized carbons (Fsp3) is 1.00. The van der Waals surface area contributed by atoms with Gasteiger partial charge in [-0.1, -0.05) is 19.3 Å². The Kier molecular flexibility index (Phi) is 6.31. The summed E-state index contributed by atoms with van der Waals surface area (Å²) in [6.07, 6.45) is 11.1. The normalized spacial score (nSPS) is 25.2. The fourth-order valence-electron chi connectivity index (χ4n) is 4.16. The molecular weight excluding hydrogens is 246 g/mol. The molecule has 0 bridgehead atoms. The van der Waals surface area contributed by atoms with Crippen molar-refractivity contribution in [2.45, 2.75) is 51.4 Å². The summed E-state index contributed by atoms with van der Waals surface area (Å²) >= 11 is 0. The van der Waals surface area contributed by atoms with E-state index in [1.54, 1.807) is 0 Å². The topological polar surface area (TPSA) is 32.5 Å². The van der Waals surface area contributed by atoms with Gasteiger partial charge in [-0.3, -0.25) is 0 Å². The van der Waals surface area contributed by atoms with Crippen molar-refractivity contribution in [1.82, 2.24) is 9.80 Å². The highest BCUT2D eigenvalue weighted by molar-refractivity contribution is 4.85. The molecule has 0 aromatic rings. The van der Waals surface area contributed by atoms with E-state index in [-0.39, 0.29) is 0 Å². The molecule has 0 unspecified atom stereocenters. The van der Waals surface area contributed by atoms with E-state index in [4.69, 9.17) is 5.73 Å². The Morgan fingerprint density at radius 3 is 2.30 bits per heavy atom. The largest absolute Gasteiger partial charge is 0.330 e. The molecule has 2 N–H and O–H groups in total. The van der Waals surface area contributed by atoms with E-state index in [0.717, 1.165) is 12.5 Å². The molecular formula is C17H35N3. The SMILES string of the molecule is CN(C)CC1CCN(CCC2(CN)CCCCC2)CC1. The molecule has 2 aliphatic rings. The Balaban J connectivity index is 1.70. The van der Waals surface area contributed by atoms with E-state index < -0.39 is 0 Å². The molecule has 1 saturated heterocycles. The van der Waals surface area contributed by atoms with E-state index in [0.29, 0.717) is 5.41 Å². The van der Waals surface area contributed by atoms with Crippen LogP contribution < -0.4 is 5.73 Å². The summed E-state index contributed by atoms with van der Waals surface area (Å²) in [5, 5.41) is 0. The molecule has 2 fully saturated rings. The van der Waals surface area contributed by atoms with Gasteiger partial charge in [0.05, 0.1) is 0 Å². The molecule has 1 heterocycles. The van der Waals surface area contributed by atoms with Gasteiger partial charge in [-0.2, -0.15) is 0 Å². The van der Waals surface area contributed by atoms with Crippen molar-refractivity contribution in [3.05, 3.63) is 0 Å². The average molecular weight is 281 g/mol. The third kappa shape index (κ3) is 4.71. The van der Waals surface area contributed by atoms with Crippen molar-refractivity contribution < 1.29 is 0 Å². The van der Waals surface area contributed by atoms with Crippen LogP contribution in [0.25, 0.3) is 0 Å². The first-order valence-electron chi connectivity index (χ1n) is 8.71. The number of nitrogens with two attached hydrogens (primary N) is 1. The van der Waals surface area contributed by atoms with E-state index >= 15 is 0 Å². The third-order valence-electron chi connectivity index (χ3n) is 5.64. The average Bonchev–Trinajstić information content (AvgIpc) is 2.47. The molecule has 3 nitrogen and oxygen atoms in total. The number of nitrogens with zero attached hydrogens (tertiary/aromatic N) is 2. The van der Waals surface area contributed by atoms with Crippen LogP contribution in [0.15, 0.2) is 0 Å². The van der Waals surface area contributed by atoms with Gasteiger partial charge >= 0.3 is 0 Å². The van der Waals surface area contributed by atoms with Gasteiger partial charge in [0.1, 0.15) is 0 Å². The first-order chi connectivity index (χ1) is 9.63. The smallest absolute Gasteiger partial charge is 0.000451 e. The van der Waals surface area contributed by atoms with Gasteiger partial charge in [0, 0.05) is 6.54 Å². The number of likely N-dealkylation sites (tertiary alicyclic amines) is 1. The second-order valence-electron chi connectivity index (χ2n) is 7.56. The lowest BCUT2D eigenvalue weighted by Gasteiger charge is -2.39. The first kappa shape index (κ1) is 16.3. The van der Waals surface area contributed by atoms with E-state index in [2.05, 4.69) is 23.9 Å². The van der Waals surface area contributed by atoms with Crippen LogP contribution in [0, 0.1) is 11.3 Å². The molecule has 0 amide bonds. The minimum absolute atomic E-state index is 0.485. The fourth-order valence-corrected chi connectivity index (χ4v) is 4.16. The van der Waals surface area contributed by atoms with Crippen LogP contribution in [0.2, 0.25) is 0 Å². The minimum Gasteiger partial charge on any atom is -0.330 e. The van der Waals surface area contributed by atoms with Crippen molar-refractivity contribution in [3.63, 3.8) is 0 Å². The van der Waals surface area contributed by atoms with Crippen molar-refractivity contribution in [2.24, 2.45) is 17.1 Å². The third-order valence-corrected chi connectivity index (χ3v) is 5.64. The Hall–Kier alpha value is -0.120. The van der Waals surface area contributed by atoms with Gasteiger partial charge in [-0.15, -0.1) is 0 Å². The highest BCUT2D eigenvalue weighted by Gasteiger charge is 2.31. The number of hydrogen-bond acceptors (Lipinski definition) is 3. The van der Waals surface area contributed by atoms with E-state index in [1.165, 1.54) is 77.5 Å². The molecule has 118 valence electrons. The summed E-state index contributed by atoms with van der Waals surface area (Å²) in [7, 11) is 4.39. The summed E-state index contributed by atoms with van der Waals surface area (Å²) in [6, 6.07) is 0. The van der Waals surface area contributed by atoms with Gasteiger partial charge in [-0.05, 0) is 83.7 Å². The number of rotatable bonds is 6. The molecule has 0 aromatic carbocycles. The summed E-state index contributed by atoms with van der Waals surface area (Å²) in [4.78, 5) is 5.03. The lowest BCUT2D eigenvalue weighted by molar-refractivity contribution is 0.116. The molecule has 0 spiro atoms. The maximum absolute atomic E-state index is 6.11. The van der Waals surface area contributed by atoms with Gasteiger partial charge in [0.25, 0.3) is 0 Å². The predicted octanol–water partition coefficient (Wildman–Crippen LogP) is 2.56. The zero-order valence-electron chi connectivity index (χ0n) is 13.7. The van der Waals surface area contributed by atoms with Crippen LogP contribution in [0.4, 0.5) is 0 Å². The van der Waals surface area contributed by atoms with Crippen molar-refractivity contribution in [1.29, 1.82) is 0 Å². The van der Waals surface area contributed by atoms with Gasteiger partial charge in [-0.25, -0.2) is 0 Å². The van der Waals surface area contributed by atoms with Crippen LogP contribution in [-0.4, -0.2) is 56.6 Å². The summed E-state index contributed by atoms with van der Waals surface area (Å²) in [5.41, 5.74) is 6.59. The summed E-state index contributed by atoms with van der Waals surface area (Å²) < 4.78 is 0. The van der Waals surface area contributed by atoms with Gasteiger partial charge in [0.2, 0.25) is 0 Å². The molecule has 2 rings (SSSR count). The monoisotopic (exact) mass is 281 g/mol. The standard InChI is InChI=1S/C17H35N3/c1-19(2)14-16-6-11-20(12-7-16)13-10-17(15-18)8-4-3-5-9-17/h16H,3-15,18H2,1-2H3. The Morgan fingerprint density at radius 1 is 1.10 bits per heavy atom. The van der Waals surface area contributed by atoms with Crippen molar-refractivity contribution in [3.8, 4) is 0 Å². The lowest BCUT2D eigenvalue weighted by Crippen LogP contribution is -2.41. The van der Waals surface area contributed by atoms with E-state index in [1.807, 2.05) is 0 Å². The van der Waals surface area contributed by atoms with Crippen LogP contribution in [0.5, 0.6) is 0 Å². The maximum atomic E-state index is 6.11. The molecule has 3 heteroatoms. The van der Waals surface area contributed by atoms with Crippen LogP contribution in [0.3, 0.4) is 0 Å². The van der Waals surface area contributed by atoms with Crippen LogP contribution in [0.1, 0.15) is 51.4 Å². The van der Waals surface area contributed by atoms with Gasteiger partial charge in [0.15, 0.2) is 0 Å². The van der Waals surface area contributed by atoms with Crippen molar-refractivity contribution >= 4 is 0 Å². The molecule has 0 atom stereocenters. The maximum Gasteiger partial charge on any atom is 0.000451 e. The summed E-state index contributed by atoms with van der Waals surface area (Å²) in [6.45, 7) is 6.06. The molecule has 1 aliphatic carbocycles. The molecule has 0 aromatic heterocycles. The highest BCUT2D eigenvalue weighted by atomic mass is 15.1. The second kappa shape index (κ2) is 7.77. The highest BCUT2D eigenvalue weighted by Crippen LogP contribution is 2.38. The minimum atomic E-state index is 0.485. The predicted molar refractivity (Wildman–Crippen MR) is 86.9 cm³/mol. The second-order valence-corrected chi connectivity index (χ2v) is 7.56. The first-order valence-corrected chi connectivity index (χ1v) is 8.71. The quantitative estimate of drug-likeness (QED) is 0.812. The Labute approximate surface area is 125 Å². The Bertz CT molecular complexity index is 263. The zero-order valence-corrected chi connectivity index (χ0v) is 13.7. The van der Waals surface area contributed by atoms with Crippen LogP contribution in [-0.2, 0) is 0 Å². The summed E-state index contributed by atoms with van der Waals surface area (Å²) in [5.74, 6) is 0.916. The van der Waals surface area contributed by atoms with E-state index in [9.17, 15) is 0 Å². The molecule has 1 aliphatic heterocycles. The Morgan fingerprint density at radius 2 is 1.75 bits per heavy atom. The van der Waals surface area contributed by atoms with Crippen LogP contribution >= 0.6 is 0 Å². The van der Waals surface area contributed by atoms with Gasteiger partial charge < -0.3 is 15.5 Å². The number of hydrogen-bond donors (Lipinski definition) is 1. The molecule has 1 saturated carbocycles. The lowest BCUT2D eigenvalue weighted by atomic mass is 9.72. The van der Waals surface area contributed by atoms with Crippen molar-refractivity contribution in [2.75, 3.05) is 46.8 Å². The molecule has 0 radical (unpaired) electrons.